The van der Waals surface area contributed by atoms with Crippen LogP contribution in [0.2, 0.25) is 0 Å². The molecule has 5 heteroatoms. The lowest BCUT2D eigenvalue weighted by Crippen LogP contribution is -2.22. The van der Waals surface area contributed by atoms with E-state index >= 15 is 0 Å². The van der Waals surface area contributed by atoms with Crippen LogP contribution in [0.1, 0.15) is 33.9 Å². The van der Waals surface area contributed by atoms with Crippen LogP contribution >= 0.6 is 0 Å². The van der Waals surface area contributed by atoms with Gasteiger partial charge < -0.3 is 9.88 Å². The van der Waals surface area contributed by atoms with E-state index in [1.165, 1.54) is 11.1 Å². The first-order valence-electron chi connectivity index (χ1n) is 7.27. The van der Waals surface area contributed by atoms with Crippen LogP contribution in [0.25, 0.3) is 6.08 Å². The Morgan fingerprint density at radius 3 is 2.45 bits per heavy atom. The van der Waals surface area contributed by atoms with Gasteiger partial charge in [-0.05, 0) is 56.0 Å². The summed E-state index contributed by atoms with van der Waals surface area (Å²) in [4.78, 5) is 11.9. The van der Waals surface area contributed by atoms with Crippen molar-refractivity contribution in [3.05, 3.63) is 52.1 Å². The van der Waals surface area contributed by atoms with Crippen LogP contribution in [-0.4, -0.2) is 20.7 Å². The molecule has 22 heavy (non-hydrogen) atoms. The Morgan fingerprint density at radius 1 is 1.14 bits per heavy atom. The molecule has 0 aliphatic rings. The lowest BCUT2D eigenvalue weighted by Gasteiger charge is -2.06. The van der Waals surface area contributed by atoms with Crippen LogP contribution in [0, 0.1) is 27.7 Å². The van der Waals surface area contributed by atoms with Crippen LogP contribution in [0.3, 0.4) is 0 Å². The smallest absolute Gasteiger partial charge is 0.244 e. The van der Waals surface area contributed by atoms with E-state index in [1.54, 1.807) is 6.08 Å². The second-order valence-electron chi connectivity index (χ2n) is 5.57. The number of carbonyl (C=O) groups excluding carboxylic acids is 1. The molecule has 2 rings (SSSR count). The molecule has 0 saturated heterocycles. The Balaban J connectivity index is 2.00. The SMILES string of the molecule is Cc1cc(C)c(/C=C\C(=O)NCc2nnc(C)n2C)cc1C. The molecular formula is C17H22N4O. The van der Waals surface area contributed by atoms with Crippen molar-refractivity contribution in [2.45, 2.75) is 34.2 Å². The predicted octanol–water partition coefficient (Wildman–Crippen LogP) is 2.38. The molecule has 0 fully saturated rings. The van der Waals surface area contributed by atoms with Crippen LogP contribution in [-0.2, 0) is 18.4 Å². The Labute approximate surface area is 131 Å². The standard InChI is InChI=1S/C17H22N4O/c1-11-8-13(3)15(9-12(11)2)6-7-17(22)18-10-16-20-19-14(4)21(16)5/h6-9H,10H2,1-5H3,(H,18,22)/b7-6-. The number of nitrogens with one attached hydrogen (secondary N) is 1. The molecular weight excluding hydrogens is 276 g/mol. The largest absolute Gasteiger partial charge is 0.345 e. The maximum Gasteiger partial charge on any atom is 0.244 e. The van der Waals surface area contributed by atoms with Gasteiger partial charge in [-0.2, -0.15) is 0 Å². The van der Waals surface area contributed by atoms with Gasteiger partial charge in [0.25, 0.3) is 0 Å². The third-order valence-electron chi connectivity index (χ3n) is 3.90. The zero-order chi connectivity index (χ0) is 16.3. The van der Waals surface area contributed by atoms with Gasteiger partial charge in [0, 0.05) is 13.1 Å². The number of hydrogen-bond acceptors (Lipinski definition) is 3. The minimum atomic E-state index is -0.140. The molecule has 0 spiro atoms. The predicted molar refractivity (Wildman–Crippen MR) is 87.3 cm³/mol. The molecule has 0 atom stereocenters. The number of carbonyl (C=O) groups is 1. The van der Waals surface area contributed by atoms with Crippen molar-refractivity contribution in [2.75, 3.05) is 0 Å². The highest BCUT2D eigenvalue weighted by Crippen LogP contribution is 2.16. The van der Waals surface area contributed by atoms with Crippen molar-refractivity contribution in [3.8, 4) is 0 Å². The maximum absolute atomic E-state index is 11.9. The van der Waals surface area contributed by atoms with Gasteiger partial charge in [-0.25, -0.2) is 0 Å². The Bertz CT molecular complexity index is 729. The molecule has 0 aliphatic carbocycles. The summed E-state index contributed by atoms with van der Waals surface area (Å²) in [7, 11) is 1.88. The fourth-order valence-corrected chi connectivity index (χ4v) is 2.16. The van der Waals surface area contributed by atoms with Gasteiger partial charge in [0.2, 0.25) is 5.91 Å². The average molecular weight is 298 g/mol. The van der Waals surface area contributed by atoms with Crippen LogP contribution in [0.5, 0.6) is 0 Å². The van der Waals surface area contributed by atoms with E-state index in [4.69, 9.17) is 0 Å². The third kappa shape index (κ3) is 3.61. The average Bonchev–Trinajstić information content (AvgIpc) is 2.79. The lowest BCUT2D eigenvalue weighted by atomic mass is 10.0. The van der Waals surface area contributed by atoms with Gasteiger partial charge in [-0.3, -0.25) is 4.79 Å². The Kier molecular flexibility index (Phi) is 4.75. The van der Waals surface area contributed by atoms with Gasteiger partial charge in [0.05, 0.1) is 6.54 Å². The van der Waals surface area contributed by atoms with E-state index in [0.29, 0.717) is 6.54 Å². The van der Waals surface area contributed by atoms with E-state index < -0.39 is 0 Å². The van der Waals surface area contributed by atoms with Gasteiger partial charge in [-0.15, -0.1) is 10.2 Å². The fraction of sp³-hybridized carbons (Fsp3) is 0.353. The molecule has 1 heterocycles. The zero-order valence-corrected chi connectivity index (χ0v) is 13.8. The van der Waals surface area contributed by atoms with Crippen LogP contribution in [0.4, 0.5) is 0 Å². The molecule has 2 aromatic rings. The highest BCUT2D eigenvalue weighted by atomic mass is 16.1. The Morgan fingerprint density at radius 2 is 1.82 bits per heavy atom. The summed E-state index contributed by atoms with van der Waals surface area (Å²) in [5, 5.41) is 10.8. The fourth-order valence-electron chi connectivity index (χ4n) is 2.16. The monoisotopic (exact) mass is 298 g/mol. The van der Waals surface area contributed by atoms with Crippen molar-refractivity contribution in [3.63, 3.8) is 0 Å². The first-order valence-corrected chi connectivity index (χ1v) is 7.27. The zero-order valence-electron chi connectivity index (χ0n) is 13.8. The lowest BCUT2D eigenvalue weighted by molar-refractivity contribution is -0.116. The number of amides is 1. The molecule has 1 N–H and O–H groups in total. The second-order valence-corrected chi connectivity index (χ2v) is 5.57. The van der Waals surface area contributed by atoms with E-state index in [9.17, 15) is 4.79 Å². The maximum atomic E-state index is 11.9. The van der Waals surface area contributed by atoms with Crippen molar-refractivity contribution in [1.82, 2.24) is 20.1 Å². The number of rotatable bonds is 4. The topological polar surface area (TPSA) is 59.8 Å². The first-order chi connectivity index (χ1) is 10.4. The van der Waals surface area contributed by atoms with Gasteiger partial charge in [0.15, 0.2) is 5.82 Å². The molecule has 0 unspecified atom stereocenters. The molecule has 1 aromatic heterocycles. The second kappa shape index (κ2) is 6.56. The highest BCUT2D eigenvalue weighted by Gasteiger charge is 2.05. The van der Waals surface area contributed by atoms with Crippen molar-refractivity contribution in [2.24, 2.45) is 7.05 Å². The molecule has 0 aliphatic heterocycles. The van der Waals surface area contributed by atoms with Crippen molar-refractivity contribution >= 4 is 12.0 Å². The van der Waals surface area contributed by atoms with Gasteiger partial charge >= 0.3 is 0 Å². The summed E-state index contributed by atoms with van der Waals surface area (Å²) in [6, 6.07) is 4.23. The quantitative estimate of drug-likeness (QED) is 0.882. The number of aromatic nitrogens is 3. The minimum absolute atomic E-state index is 0.140. The van der Waals surface area contributed by atoms with Crippen LogP contribution < -0.4 is 5.32 Å². The van der Waals surface area contributed by atoms with E-state index in [0.717, 1.165) is 22.8 Å². The number of nitrogens with zero attached hydrogens (tertiary/aromatic N) is 3. The minimum Gasteiger partial charge on any atom is -0.345 e. The molecule has 0 bridgehead atoms. The Hall–Kier alpha value is -2.43. The highest BCUT2D eigenvalue weighted by molar-refractivity contribution is 5.91. The molecule has 0 radical (unpaired) electrons. The number of aryl methyl sites for hydroxylation is 4. The van der Waals surface area contributed by atoms with Gasteiger partial charge in [-0.1, -0.05) is 12.1 Å². The van der Waals surface area contributed by atoms with E-state index in [2.05, 4.69) is 41.5 Å². The third-order valence-corrected chi connectivity index (χ3v) is 3.90. The molecule has 5 nitrogen and oxygen atoms in total. The number of hydrogen-bond donors (Lipinski definition) is 1. The summed E-state index contributed by atoms with van der Waals surface area (Å²) < 4.78 is 1.86. The summed E-state index contributed by atoms with van der Waals surface area (Å²) >= 11 is 0. The van der Waals surface area contributed by atoms with Crippen LogP contribution in [0.15, 0.2) is 18.2 Å². The summed E-state index contributed by atoms with van der Waals surface area (Å²) in [5.74, 6) is 1.42. The van der Waals surface area contributed by atoms with Gasteiger partial charge in [0.1, 0.15) is 5.82 Å². The van der Waals surface area contributed by atoms with Crippen molar-refractivity contribution in [1.29, 1.82) is 0 Å². The van der Waals surface area contributed by atoms with E-state index in [1.807, 2.05) is 31.5 Å². The summed E-state index contributed by atoms with van der Waals surface area (Å²) in [6.45, 7) is 8.45. The molecule has 116 valence electrons. The molecule has 0 saturated carbocycles. The molecule has 1 aromatic carbocycles. The number of benzene rings is 1. The van der Waals surface area contributed by atoms with Crippen molar-refractivity contribution < 1.29 is 4.79 Å². The molecule has 1 amide bonds. The van der Waals surface area contributed by atoms with E-state index in [-0.39, 0.29) is 5.91 Å². The normalized spacial score (nSPS) is 11.1. The first kappa shape index (κ1) is 15.9. The summed E-state index contributed by atoms with van der Waals surface area (Å²) in [6.07, 6.45) is 3.40. The summed E-state index contributed by atoms with van der Waals surface area (Å²) in [5.41, 5.74) is 4.71.